The van der Waals surface area contributed by atoms with E-state index in [0.29, 0.717) is 24.7 Å². The molecule has 1 aromatic carbocycles. The number of hydrogen-bond acceptors (Lipinski definition) is 5. The molecule has 0 saturated heterocycles. The lowest BCUT2D eigenvalue weighted by Crippen LogP contribution is -2.47. The number of aliphatic carboxylic acids is 1. The first-order valence-corrected chi connectivity index (χ1v) is 7.02. The number of carboxylic acid groups (broad SMARTS) is 1. The van der Waals surface area contributed by atoms with E-state index in [-0.39, 0.29) is 5.56 Å². The molecule has 0 radical (unpaired) electrons. The summed E-state index contributed by atoms with van der Waals surface area (Å²) in [6.45, 7) is 5.78. The average molecular weight is 311 g/mol. The number of aliphatic hydroxyl groups is 1. The minimum atomic E-state index is -1.38. The van der Waals surface area contributed by atoms with Crippen molar-refractivity contribution in [1.82, 2.24) is 5.32 Å². The minimum absolute atomic E-state index is 0.221. The SMILES string of the molecule is CCOc1ccc(C(=O)NC(C(=O)O)C(C)O)cc1OCC. The predicted molar refractivity (Wildman–Crippen MR) is 79.4 cm³/mol. The van der Waals surface area contributed by atoms with Gasteiger partial charge in [0.25, 0.3) is 5.91 Å². The number of carbonyl (C=O) groups excluding carboxylic acids is 1. The molecule has 0 fully saturated rings. The second kappa shape index (κ2) is 8.23. The Labute approximate surface area is 128 Å². The maximum Gasteiger partial charge on any atom is 0.328 e. The third-order valence-corrected chi connectivity index (χ3v) is 2.84. The van der Waals surface area contributed by atoms with Crippen LogP contribution in [0.1, 0.15) is 31.1 Å². The zero-order valence-corrected chi connectivity index (χ0v) is 12.8. The van der Waals surface area contributed by atoms with Crippen molar-refractivity contribution in [3.05, 3.63) is 23.8 Å². The van der Waals surface area contributed by atoms with Gasteiger partial charge < -0.3 is 25.0 Å². The Kier molecular flexibility index (Phi) is 6.65. The van der Waals surface area contributed by atoms with Crippen LogP contribution in [0.2, 0.25) is 0 Å². The number of hydrogen-bond donors (Lipinski definition) is 3. The lowest BCUT2D eigenvalue weighted by atomic mass is 10.1. The highest BCUT2D eigenvalue weighted by molar-refractivity contribution is 5.97. The zero-order chi connectivity index (χ0) is 16.7. The van der Waals surface area contributed by atoms with Crippen LogP contribution in [-0.4, -0.2) is 47.4 Å². The van der Waals surface area contributed by atoms with Crippen LogP contribution in [0, 0.1) is 0 Å². The van der Waals surface area contributed by atoms with Crippen molar-refractivity contribution in [3.63, 3.8) is 0 Å². The van der Waals surface area contributed by atoms with E-state index < -0.39 is 24.0 Å². The monoisotopic (exact) mass is 311 g/mol. The summed E-state index contributed by atoms with van der Waals surface area (Å²) in [6.07, 6.45) is -1.21. The molecule has 0 aliphatic carbocycles. The van der Waals surface area contributed by atoms with Crippen LogP contribution in [0.5, 0.6) is 11.5 Å². The molecule has 1 amide bonds. The van der Waals surface area contributed by atoms with E-state index in [4.69, 9.17) is 14.6 Å². The van der Waals surface area contributed by atoms with Crippen molar-refractivity contribution in [2.45, 2.75) is 32.9 Å². The van der Waals surface area contributed by atoms with Gasteiger partial charge in [-0.05, 0) is 39.0 Å². The summed E-state index contributed by atoms with van der Waals surface area (Å²) in [5.74, 6) is -1.01. The molecule has 1 rings (SSSR count). The molecule has 7 nitrogen and oxygen atoms in total. The highest BCUT2D eigenvalue weighted by Crippen LogP contribution is 2.28. The second-order valence-corrected chi connectivity index (χ2v) is 4.56. The number of ether oxygens (including phenoxy) is 2. The molecule has 0 heterocycles. The number of carboxylic acids is 1. The number of rotatable bonds is 8. The maximum absolute atomic E-state index is 12.1. The Morgan fingerprint density at radius 2 is 1.77 bits per heavy atom. The zero-order valence-electron chi connectivity index (χ0n) is 12.8. The summed E-state index contributed by atoms with van der Waals surface area (Å²) >= 11 is 0. The van der Waals surface area contributed by atoms with Crippen molar-refractivity contribution in [3.8, 4) is 11.5 Å². The number of amides is 1. The van der Waals surface area contributed by atoms with Gasteiger partial charge in [0.05, 0.1) is 19.3 Å². The van der Waals surface area contributed by atoms with Crippen LogP contribution < -0.4 is 14.8 Å². The van der Waals surface area contributed by atoms with Gasteiger partial charge in [0.15, 0.2) is 17.5 Å². The van der Waals surface area contributed by atoms with E-state index in [1.54, 1.807) is 13.0 Å². The van der Waals surface area contributed by atoms with E-state index in [1.165, 1.54) is 19.1 Å². The van der Waals surface area contributed by atoms with Gasteiger partial charge in [0, 0.05) is 5.56 Å². The molecule has 0 spiro atoms. The summed E-state index contributed by atoms with van der Waals surface area (Å²) in [5, 5.41) is 20.6. The Hall–Kier alpha value is -2.28. The maximum atomic E-state index is 12.1. The largest absolute Gasteiger partial charge is 0.490 e. The molecule has 22 heavy (non-hydrogen) atoms. The Bertz CT molecular complexity index is 529. The first-order chi connectivity index (χ1) is 10.4. The molecule has 0 aromatic heterocycles. The molecular weight excluding hydrogens is 290 g/mol. The molecule has 3 N–H and O–H groups in total. The van der Waals surface area contributed by atoms with Crippen molar-refractivity contribution in [1.29, 1.82) is 0 Å². The molecule has 0 aliphatic rings. The lowest BCUT2D eigenvalue weighted by molar-refractivity contribution is -0.141. The van der Waals surface area contributed by atoms with Gasteiger partial charge in [-0.3, -0.25) is 4.79 Å². The molecule has 2 unspecified atom stereocenters. The van der Waals surface area contributed by atoms with Crippen molar-refractivity contribution in [2.24, 2.45) is 0 Å². The fourth-order valence-electron chi connectivity index (χ4n) is 1.81. The summed E-state index contributed by atoms with van der Waals surface area (Å²) in [7, 11) is 0. The fraction of sp³-hybridized carbons (Fsp3) is 0.467. The summed E-state index contributed by atoms with van der Waals surface area (Å²) in [5.41, 5.74) is 0.221. The van der Waals surface area contributed by atoms with Gasteiger partial charge in [0.1, 0.15) is 0 Å². The topological polar surface area (TPSA) is 105 Å². The number of carbonyl (C=O) groups is 2. The molecular formula is C15H21NO6. The Morgan fingerprint density at radius 1 is 1.18 bits per heavy atom. The quantitative estimate of drug-likeness (QED) is 0.663. The van der Waals surface area contributed by atoms with Crippen LogP contribution >= 0.6 is 0 Å². The molecule has 122 valence electrons. The van der Waals surface area contributed by atoms with Gasteiger partial charge in [-0.15, -0.1) is 0 Å². The average Bonchev–Trinajstić information content (AvgIpc) is 2.46. The first-order valence-electron chi connectivity index (χ1n) is 7.02. The van der Waals surface area contributed by atoms with E-state index in [0.717, 1.165) is 0 Å². The fourth-order valence-corrected chi connectivity index (χ4v) is 1.81. The van der Waals surface area contributed by atoms with Crippen molar-refractivity contribution < 1.29 is 29.3 Å². The molecule has 2 atom stereocenters. The highest BCUT2D eigenvalue weighted by atomic mass is 16.5. The van der Waals surface area contributed by atoms with Crippen LogP contribution in [0.4, 0.5) is 0 Å². The molecule has 0 aliphatic heterocycles. The smallest absolute Gasteiger partial charge is 0.328 e. The van der Waals surface area contributed by atoms with Gasteiger partial charge in [-0.25, -0.2) is 4.79 Å². The van der Waals surface area contributed by atoms with Crippen molar-refractivity contribution >= 4 is 11.9 Å². The van der Waals surface area contributed by atoms with E-state index in [2.05, 4.69) is 5.32 Å². The molecule has 0 saturated carbocycles. The van der Waals surface area contributed by atoms with Gasteiger partial charge in [0.2, 0.25) is 0 Å². The molecule has 1 aromatic rings. The summed E-state index contributed by atoms with van der Waals surface area (Å²) in [6, 6.07) is 3.19. The third-order valence-electron chi connectivity index (χ3n) is 2.84. The normalized spacial score (nSPS) is 13.1. The van der Waals surface area contributed by atoms with E-state index in [1.807, 2.05) is 6.92 Å². The number of nitrogens with one attached hydrogen (secondary N) is 1. The van der Waals surface area contributed by atoms with Gasteiger partial charge >= 0.3 is 5.97 Å². The van der Waals surface area contributed by atoms with Crippen molar-refractivity contribution in [2.75, 3.05) is 13.2 Å². The van der Waals surface area contributed by atoms with Crippen LogP contribution in [0.25, 0.3) is 0 Å². The second-order valence-electron chi connectivity index (χ2n) is 4.56. The Balaban J connectivity index is 2.98. The summed E-state index contributed by atoms with van der Waals surface area (Å²) < 4.78 is 10.8. The number of aliphatic hydroxyl groups excluding tert-OH is 1. The Morgan fingerprint density at radius 3 is 2.27 bits per heavy atom. The predicted octanol–water partition coefficient (Wildman–Crippen LogP) is 1.05. The molecule has 0 bridgehead atoms. The van der Waals surface area contributed by atoms with Crippen LogP contribution in [0.3, 0.4) is 0 Å². The lowest BCUT2D eigenvalue weighted by Gasteiger charge is -2.18. The van der Waals surface area contributed by atoms with E-state index in [9.17, 15) is 14.7 Å². The summed E-state index contributed by atoms with van der Waals surface area (Å²) in [4.78, 5) is 23.1. The standard InChI is InChI=1S/C15H21NO6/c1-4-21-11-7-6-10(8-12(11)22-5-2)14(18)16-13(9(3)17)15(19)20/h6-9,13,17H,4-5H2,1-3H3,(H,16,18)(H,19,20). The minimum Gasteiger partial charge on any atom is -0.490 e. The van der Waals surface area contributed by atoms with Gasteiger partial charge in [-0.2, -0.15) is 0 Å². The van der Waals surface area contributed by atoms with E-state index >= 15 is 0 Å². The number of benzene rings is 1. The van der Waals surface area contributed by atoms with Gasteiger partial charge in [-0.1, -0.05) is 0 Å². The van der Waals surface area contributed by atoms with Crippen LogP contribution in [-0.2, 0) is 4.79 Å². The molecule has 7 heteroatoms. The van der Waals surface area contributed by atoms with Crippen LogP contribution in [0.15, 0.2) is 18.2 Å². The first kappa shape index (κ1) is 17.8. The highest BCUT2D eigenvalue weighted by Gasteiger charge is 2.25. The third kappa shape index (κ3) is 4.63.